The van der Waals surface area contributed by atoms with Crippen molar-refractivity contribution in [3.8, 4) is 108 Å². The molecule has 0 aliphatic rings. The van der Waals surface area contributed by atoms with Crippen LogP contribution < -0.4 is 9.47 Å². The molecule has 23 heteroatoms. The summed E-state index contributed by atoms with van der Waals surface area (Å²) in [6, 6.07) is 113. The monoisotopic (exact) mass is 1750 g/mol. The van der Waals surface area contributed by atoms with E-state index < -0.39 is 41.1 Å². The van der Waals surface area contributed by atoms with Crippen molar-refractivity contribution < 1.29 is 53.7 Å². The van der Waals surface area contributed by atoms with Gasteiger partial charge in [-0.2, -0.15) is 0 Å². The van der Waals surface area contributed by atoms with Crippen LogP contribution in [0.2, 0.25) is 0 Å². The van der Waals surface area contributed by atoms with E-state index in [0.29, 0.717) is 28.8 Å². The van der Waals surface area contributed by atoms with Crippen molar-refractivity contribution in [1.29, 1.82) is 0 Å². The third-order valence-corrected chi connectivity index (χ3v) is 26.2. The number of ether oxygens (including phenoxy) is 2. The molecular formula is C105H86F2N8O10S3. The van der Waals surface area contributed by atoms with Gasteiger partial charge in [-0.3, -0.25) is 4.57 Å². The second-order valence-electron chi connectivity index (χ2n) is 29.1. The van der Waals surface area contributed by atoms with Crippen LogP contribution in [0.15, 0.2) is 418 Å². The average Bonchev–Trinajstić information content (AvgIpc) is 1.59. The van der Waals surface area contributed by atoms with Crippen LogP contribution in [-0.4, -0.2) is 74.5 Å². The number of para-hydroxylation sites is 8. The highest BCUT2D eigenvalue weighted by molar-refractivity contribution is 7.92. The molecule has 0 radical (unpaired) electrons. The molecule has 0 amide bonds. The maximum atomic E-state index is 14.0. The first-order chi connectivity index (χ1) is 60.6. The Morgan fingerprint density at radius 3 is 0.953 bits per heavy atom. The summed E-state index contributed by atoms with van der Waals surface area (Å²) >= 11 is 0. The predicted octanol–water partition coefficient (Wildman–Crippen LogP) is 25.7. The van der Waals surface area contributed by atoms with Crippen molar-refractivity contribution in [3.63, 3.8) is 0 Å². The number of rotatable bonds is 17. The van der Waals surface area contributed by atoms with E-state index in [0.717, 1.165) is 142 Å². The van der Waals surface area contributed by atoms with E-state index in [9.17, 15) is 34.0 Å². The van der Waals surface area contributed by atoms with Gasteiger partial charge in [0.25, 0.3) is 0 Å². The van der Waals surface area contributed by atoms with E-state index in [2.05, 4.69) is 43.4 Å². The minimum atomic E-state index is -3.88. The molecule has 638 valence electrons. The summed E-state index contributed by atoms with van der Waals surface area (Å²) in [4.78, 5) is 27.1. The van der Waals surface area contributed by atoms with Gasteiger partial charge in [-0.25, -0.2) is 54.0 Å². The Morgan fingerprint density at radius 2 is 0.578 bits per heavy atom. The van der Waals surface area contributed by atoms with E-state index in [1.807, 2.05) is 220 Å². The van der Waals surface area contributed by atoms with Gasteiger partial charge in [0.1, 0.15) is 69.4 Å². The van der Waals surface area contributed by atoms with Crippen LogP contribution in [0.1, 0.15) is 27.8 Å². The number of phenols is 2. The van der Waals surface area contributed by atoms with Gasteiger partial charge in [0.15, 0.2) is 0 Å². The highest BCUT2D eigenvalue weighted by atomic mass is 32.2. The number of hydrogen-bond acceptors (Lipinski definition) is 14. The van der Waals surface area contributed by atoms with Crippen molar-refractivity contribution in [2.24, 2.45) is 7.05 Å². The molecule has 0 spiro atoms. The zero-order chi connectivity index (χ0) is 86.4. The van der Waals surface area contributed by atoms with Crippen molar-refractivity contribution >= 4 is 73.6 Å². The molecule has 0 atom stereocenters. The lowest BCUT2D eigenvalue weighted by atomic mass is 10.1. The number of halogens is 2. The summed E-state index contributed by atoms with van der Waals surface area (Å²) in [7, 11) is -9.21. The van der Waals surface area contributed by atoms with E-state index in [4.69, 9.17) is 39.6 Å². The summed E-state index contributed by atoms with van der Waals surface area (Å²) in [6.07, 6.45) is 0. The Balaban J connectivity index is 0.000000183. The normalized spacial score (nSPS) is 11.2. The minimum absolute atomic E-state index is 0. The third-order valence-electron chi connectivity index (χ3n) is 20.8. The molecule has 20 aromatic rings. The number of aromatic hydroxyl groups is 2. The lowest BCUT2D eigenvalue weighted by molar-refractivity contribution is 0.474. The van der Waals surface area contributed by atoms with Crippen LogP contribution in [-0.2, 0) is 36.6 Å². The molecule has 18 nitrogen and oxygen atoms in total. The molecule has 0 unspecified atom stereocenters. The zero-order valence-electron chi connectivity index (χ0n) is 66.8. The van der Waals surface area contributed by atoms with Crippen LogP contribution in [0.25, 0.3) is 118 Å². The van der Waals surface area contributed by atoms with Crippen LogP contribution >= 0.6 is 0 Å². The lowest BCUT2D eigenvalue weighted by Gasteiger charge is -2.14. The average molecular weight is 1750 g/mol. The number of imidazole rings is 4. The summed E-state index contributed by atoms with van der Waals surface area (Å²) in [6.45, 7) is 1.91. The minimum Gasteiger partial charge on any atom is -0.508 e. The Hall–Kier alpha value is -15.7. The zero-order valence-corrected chi connectivity index (χ0v) is 69.2. The predicted molar refractivity (Wildman–Crippen MR) is 503 cm³/mol. The van der Waals surface area contributed by atoms with Crippen LogP contribution in [0, 0.1) is 18.6 Å². The second-order valence-corrected chi connectivity index (χ2v) is 34.9. The molecule has 4 heterocycles. The maximum absolute atomic E-state index is 14.0. The van der Waals surface area contributed by atoms with Crippen LogP contribution in [0.3, 0.4) is 0 Å². The largest absolute Gasteiger partial charge is 0.508 e. The van der Waals surface area contributed by atoms with Gasteiger partial charge in [-0.15, -0.1) is 0 Å². The first-order valence-corrected chi connectivity index (χ1v) is 43.8. The van der Waals surface area contributed by atoms with Crippen LogP contribution in [0.4, 0.5) is 8.78 Å². The molecular weight excluding hydrogens is 1670 g/mol. The highest BCUT2D eigenvalue weighted by Gasteiger charge is 2.25. The Morgan fingerprint density at radius 1 is 0.297 bits per heavy atom. The second kappa shape index (κ2) is 38.2. The van der Waals surface area contributed by atoms with Gasteiger partial charge in [-0.1, -0.05) is 186 Å². The van der Waals surface area contributed by atoms with Gasteiger partial charge < -0.3 is 34.2 Å². The fourth-order valence-electron chi connectivity index (χ4n) is 14.3. The molecule has 0 bridgehead atoms. The summed E-state index contributed by atoms with van der Waals surface area (Å²) in [5.41, 5.74) is 17.2. The quantitative estimate of drug-likeness (QED) is 0.0619. The Labute approximate surface area is 740 Å². The highest BCUT2D eigenvalue weighted by Crippen LogP contribution is 2.40. The van der Waals surface area contributed by atoms with Crippen LogP contribution in [0.5, 0.6) is 34.5 Å². The number of aryl methyl sites for hydroxylation is 2. The number of benzene rings is 16. The topological polar surface area (TPSA) is 254 Å². The Kier molecular flexibility index (Phi) is 26.4. The van der Waals surface area contributed by atoms with E-state index >= 15 is 0 Å². The fourth-order valence-corrected chi connectivity index (χ4v) is 18.1. The van der Waals surface area contributed by atoms with Crippen molar-refractivity contribution in [3.05, 3.63) is 405 Å². The van der Waals surface area contributed by atoms with E-state index in [-0.39, 0.29) is 63.2 Å². The summed E-state index contributed by atoms with van der Waals surface area (Å²) < 4.78 is 120. The summed E-state index contributed by atoms with van der Waals surface area (Å²) in [5.74, 6) is 4.92. The first kappa shape index (κ1) is 88.6. The number of phenolic OH excluding ortho intramolecular Hbond substituents is 2. The molecule has 4 aromatic heterocycles. The van der Waals surface area contributed by atoms with E-state index in [1.165, 1.54) is 24.3 Å². The molecule has 0 fully saturated rings. The van der Waals surface area contributed by atoms with Gasteiger partial charge in [-0.05, 0) is 260 Å². The number of hydrogen-bond donors (Lipinski definition) is 4. The number of H-pyrrole nitrogens is 2. The van der Waals surface area contributed by atoms with Gasteiger partial charge in [0.05, 0.1) is 73.5 Å². The van der Waals surface area contributed by atoms with Crippen molar-refractivity contribution in [2.75, 3.05) is 0 Å². The molecule has 128 heavy (non-hydrogen) atoms. The number of sulfone groups is 3. The van der Waals surface area contributed by atoms with Crippen molar-refractivity contribution in [2.45, 2.75) is 58.6 Å². The van der Waals surface area contributed by atoms with Gasteiger partial charge in [0, 0.05) is 35.0 Å². The number of nitrogens with zero attached hydrogens (tertiary/aromatic N) is 6. The van der Waals surface area contributed by atoms with Gasteiger partial charge >= 0.3 is 0 Å². The first-order valence-electron chi connectivity index (χ1n) is 39.4. The third kappa shape index (κ3) is 19.2. The van der Waals surface area contributed by atoms with E-state index in [1.54, 1.807) is 109 Å². The number of aromatic nitrogens is 8. The fraction of sp³-hybridized carbons (Fsp3) is 0.0476. The molecule has 16 aromatic carbocycles. The molecule has 0 aliphatic heterocycles. The molecule has 4 N–H and O–H groups in total. The molecule has 0 saturated carbocycles. The summed E-state index contributed by atoms with van der Waals surface area (Å²) in [5, 5.41) is 18.2. The maximum Gasteiger partial charge on any atom is 0.206 e. The lowest BCUT2D eigenvalue weighted by Crippen LogP contribution is -2.04. The molecule has 20 rings (SSSR count). The SMILES string of the molecule is C.C.C.Cc1ccc(S(=O)(=O)c2ccc(Oc3ccc(-c4ccc(Oc5ccc(S(=O)(=O)c6ccc(-n7c(-c8ccccc8-c8nc9ccccc9n8C)nc8ccccc87)cc6)cc5)cc4)cc3)cc2)cc1.O=S(=O)(c1ccc(F)cc1)c1ccc(F)cc1.Oc1ccc(-c2ccc(O)cc2)cc1.c1ccc(-c2nc3ccccc3[nH]2)c(-c2nc3ccccc3[nH]2)c1. The Bertz CT molecular complexity index is 7400. The number of fused-ring (bicyclic) bond motifs is 4. The standard InChI is InChI=1S/C58H42N4O6S2.C20H14N4.C12H8F2O2S.C12H10O2.3CH4/c1-39-15-31-47(32-16-39)69(63,64)49-35-27-45(28-36-49)67-43-23-17-40(18-24-43)41-19-25-44(26-20-41)68-46-29-37-50(38-30-46)70(65,66)48-33-21-42(22-34-48)62-56-14-8-6-12-54(56)60-58(62)52-10-4-3-9-51(52)57-59-53-11-5-7-13-55(53)61(57)2;1-2-8-14(20-23-17-11-5-6-12-18(17)24-20)13(7-1)19-21-15-9-3-4-10-16(15)22-19;13-9-1-5-11(6-2-9)17(15,16)12-7-3-10(14)4-8-12;13-11-5-1-9(2-6-11)10-3-7-12(14)8-4-10;;;/h3-38H,1-2H3;1-12H,(H,21,22)(H,23,24);1-8H;1-8,13-14H;3*1H4. The van der Waals surface area contributed by atoms with Gasteiger partial charge in [0.2, 0.25) is 29.5 Å². The van der Waals surface area contributed by atoms with Crippen molar-refractivity contribution in [1.82, 2.24) is 39.0 Å². The smallest absolute Gasteiger partial charge is 0.206 e. The number of nitrogens with one attached hydrogen (secondary N) is 2. The molecule has 0 saturated heterocycles. The number of aromatic amines is 2. The molecule has 0 aliphatic carbocycles.